The number of carbonyl (C=O) groups excluding carboxylic acids is 1. The van der Waals surface area contributed by atoms with E-state index >= 15 is 0 Å². The average molecular weight is 282 g/mol. The van der Waals surface area contributed by atoms with Crippen molar-refractivity contribution < 1.29 is 9.53 Å². The first kappa shape index (κ1) is 14.5. The second-order valence-electron chi connectivity index (χ2n) is 4.94. The molecule has 1 saturated heterocycles. The number of hydrogen-bond acceptors (Lipinski definition) is 4. The van der Waals surface area contributed by atoms with Gasteiger partial charge < -0.3 is 15.4 Å². The Bertz CT molecular complexity index is 419. The van der Waals surface area contributed by atoms with Crippen LogP contribution < -0.4 is 10.6 Å². The quantitative estimate of drug-likeness (QED) is 0.843. The summed E-state index contributed by atoms with van der Waals surface area (Å²) in [5.74, 6) is 0.601. The first-order valence-corrected chi connectivity index (χ1v) is 7.75. The normalized spacial score (nSPS) is 22.6. The van der Waals surface area contributed by atoms with Crippen molar-refractivity contribution in [2.75, 3.05) is 18.5 Å². The first-order chi connectivity index (χ1) is 9.20. The SMILES string of the molecule is CCC1OCCC1CNCc1sccc1NC(C)=O. The van der Waals surface area contributed by atoms with Crippen LogP contribution in [-0.2, 0) is 16.1 Å². The highest BCUT2D eigenvalue weighted by atomic mass is 32.1. The topological polar surface area (TPSA) is 50.4 Å². The number of ether oxygens (including phenoxy) is 1. The summed E-state index contributed by atoms with van der Waals surface area (Å²) in [6.45, 7) is 6.39. The molecule has 0 aromatic carbocycles. The van der Waals surface area contributed by atoms with E-state index in [1.165, 1.54) is 11.8 Å². The van der Waals surface area contributed by atoms with Gasteiger partial charge in [0.15, 0.2) is 0 Å². The summed E-state index contributed by atoms with van der Waals surface area (Å²) in [7, 11) is 0. The highest BCUT2D eigenvalue weighted by Gasteiger charge is 2.26. The second kappa shape index (κ2) is 7.03. The smallest absolute Gasteiger partial charge is 0.221 e. The Kier molecular flexibility index (Phi) is 5.36. The monoisotopic (exact) mass is 282 g/mol. The van der Waals surface area contributed by atoms with Gasteiger partial charge in [-0.05, 0) is 30.2 Å². The molecule has 0 aliphatic carbocycles. The van der Waals surface area contributed by atoms with E-state index in [0.29, 0.717) is 12.0 Å². The van der Waals surface area contributed by atoms with E-state index in [4.69, 9.17) is 4.74 Å². The van der Waals surface area contributed by atoms with Crippen LogP contribution in [0.1, 0.15) is 31.6 Å². The van der Waals surface area contributed by atoms with Crippen molar-refractivity contribution in [3.63, 3.8) is 0 Å². The molecule has 2 heterocycles. The molecule has 2 atom stereocenters. The van der Waals surface area contributed by atoms with Crippen LogP contribution >= 0.6 is 11.3 Å². The molecule has 1 aliphatic rings. The number of anilines is 1. The zero-order valence-corrected chi connectivity index (χ0v) is 12.4. The van der Waals surface area contributed by atoms with Crippen molar-refractivity contribution in [1.29, 1.82) is 0 Å². The summed E-state index contributed by atoms with van der Waals surface area (Å²) in [5.41, 5.74) is 0.930. The van der Waals surface area contributed by atoms with Crippen LogP contribution in [0.25, 0.3) is 0 Å². The molecule has 106 valence electrons. The van der Waals surface area contributed by atoms with Gasteiger partial charge in [0, 0.05) is 31.5 Å². The fraction of sp³-hybridized carbons (Fsp3) is 0.643. The second-order valence-corrected chi connectivity index (χ2v) is 5.94. The van der Waals surface area contributed by atoms with Crippen LogP contribution in [0.2, 0.25) is 0 Å². The van der Waals surface area contributed by atoms with Gasteiger partial charge in [-0.1, -0.05) is 6.92 Å². The van der Waals surface area contributed by atoms with Gasteiger partial charge in [-0.15, -0.1) is 11.3 Å². The van der Waals surface area contributed by atoms with Gasteiger partial charge in [-0.25, -0.2) is 0 Å². The number of carbonyl (C=O) groups is 1. The van der Waals surface area contributed by atoms with Crippen molar-refractivity contribution in [3.05, 3.63) is 16.3 Å². The fourth-order valence-electron chi connectivity index (χ4n) is 2.53. The molecule has 2 N–H and O–H groups in total. The standard InChI is InChI=1S/C14H22N2O2S/c1-3-13-11(4-6-18-13)8-15-9-14-12(5-7-19-14)16-10(2)17/h5,7,11,13,15H,3-4,6,8-9H2,1-2H3,(H,16,17). The summed E-state index contributed by atoms with van der Waals surface area (Å²) < 4.78 is 5.68. The number of amides is 1. The van der Waals surface area contributed by atoms with Gasteiger partial charge in [0.05, 0.1) is 11.8 Å². The molecule has 0 spiro atoms. The van der Waals surface area contributed by atoms with Gasteiger partial charge in [0.25, 0.3) is 0 Å². The van der Waals surface area contributed by atoms with E-state index in [1.54, 1.807) is 11.3 Å². The van der Waals surface area contributed by atoms with Crippen LogP contribution in [0.5, 0.6) is 0 Å². The molecule has 2 rings (SSSR count). The van der Waals surface area contributed by atoms with E-state index in [9.17, 15) is 4.79 Å². The maximum Gasteiger partial charge on any atom is 0.221 e. The molecule has 1 fully saturated rings. The molecule has 0 bridgehead atoms. The van der Waals surface area contributed by atoms with Crippen LogP contribution in [-0.4, -0.2) is 25.2 Å². The molecule has 0 saturated carbocycles. The molecule has 2 unspecified atom stereocenters. The molecular weight excluding hydrogens is 260 g/mol. The number of nitrogens with one attached hydrogen (secondary N) is 2. The molecule has 1 aromatic rings. The van der Waals surface area contributed by atoms with Crippen molar-refractivity contribution in [2.45, 2.75) is 39.3 Å². The summed E-state index contributed by atoms with van der Waals surface area (Å²) in [6.07, 6.45) is 2.64. The molecule has 1 aliphatic heterocycles. The zero-order valence-electron chi connectivity index (χ0n) is 11.6. The molecule has 0 radical (unpaired) electrons. The maximum absolute atomic E-state index is 11.1. The van der Waals surface area contributed by atoms with Crippen molar-refractivity contribution in [2.24, 2.45) is 5.92 Å². The molecule has 5 heteroatoms. The van der Waals surface area contributed by atoms with Crippen molar-refractivity contribution >= 4 is 22.9 Å². The Morgan fingerprint density at radius 3 is 3.16 bits per heavy atom. The molecule has 4 nitrogen and oxygen atoms in total. The van der Waals surface area contributed by atoms with E-state index in [1.807, 2.05) is 11.4 Å². The summed E-state index contributed by atoms with van der Waals surface area (Å²) >= 11 is 1.67. The lowest BCUT2D eigenvalue weighted by atomic mass is 10.00. The maximum atomic E-state index is 11.1. The Morgan fingerprint density at radius 2 is 2.42 bits per heavy atom. The average Bonchev–Trinajstić information content (AvgIpc) is 2.98. The minimum atomic E-state index is -0.0186. The minimum Gasteiger partial charge on any atom is -0.378 e. The van der Waals surface area contributed by atoms with Gasteiger partial charge in [0.1, 0.15) is 0 Å². The lowest BCUT2D eigenvalue weighted by molar-refractivity contribution is -0.114. The lowest BCUT2D eigenvalue weighted by Gasteiger charge is -2.17. The van der Waals surface area contributed by atoms with Gasteiger partial charge in [0.2, 0.25) is 5.91 Å². The largest absolute Gasteiger partial charge is 0.378 e. The third-order valence-corrected chi connectivity index (χ3v) is 4.42. The zero-order chi connectivity index (χ0) is 13.7. The minimum absolute atomic E-state index is 0.0186. The number of thiophene rings is 1. The van der Waals surface area contributed by atoms with Crippen LogP contribution in [0.15, 0.2) is 11.4 Å². The molecule has 1 aromatic heterocycles. The third-order valence-electron chi connectivity index (χ3n) is 3.50. The highest BCUT2D eigenvalue weighted by Crippen LogP contribution is 2.24. The van der Waals surface area contributed by atoms with Crippen molar-refractivity contribution in [3.8, 4) is 0 Å². The predicted octanol–water partition coefficient (Wildman–Crippen LogP) is 2.61. The van der Waals surface area contributed by atoms with Crippen LogP contribution in [0.3, 0.4) is 0 Å². The van der Waals surface area contributed by atoms with Crippen LogP contribution in [0.4, 0.5) is 5.69 Å². The first-order valence-electron chi connectivity index (χ1n) is 6.87. The number of rotatable bonds is 6. The van der Waals surface area contributed by atoms with E-state index in [-0.39, 0.29) is 5.91 Å². The fourth-order valence-corrected chi connectivity index (χ4v) is 3.33. The Hall–Kier alpha value is -0.910. The van der Waals surface area contributed by atoms with E-state index < -0.39 is 0 Å². The van der Waals surface area contributed by atoms with Gasteiger partial charge in [-0.2, -0.15) is 0 Å². The predicted molar refractivity (Wildman–Crippen MR) is 78.5 cm³/mol. The van der Waals surface area contributed by atoms with Gasteiger partial charge >= 0.3 is 0 Å². The van der Waals surface area contributed by atoms with Crippen molar-refractivity contribution in [1.82, 2.24) is 5.32 Å². The Labute approximate surface area is 118 Å². The molecule has 1 amide bonds. The molecule has 19 heavy (non-hydrogen) atoms. The van der Waals surface area contributed by atoms with Crippen LogP contribution in [0, 0.1) is 5.92 Å². The summed E-state index contributed by atoms with van der Waals surface area (Å²) in [5, 5.41) is 8.36. The number of hydrogen-bond donors (Lipinski definition) is 2. The van der Waals surface area contributed by atoms with E-state index in [0.717, 1.165) is 38.2 Å². The Balaban J connectivity index is 1.79. The molecular formula is C14H22N2O2S. The lowest BCUT2D eigenvalue weighted by Crippen LogP contribution is -2.28. The highest BCUT2D eigenvalue weighted by molar-refractivity contribution is 7.10. The third kappa shape index (κ3) is 4.03. The Morgan fingerprint density at radius 1 is 1.58 bits per heavy atom. The summed E-state index contributed by atoms with van der Waals surface area (Å²) in [4.78, 5) is 12.3. The summed E-state index contributed by atoms with van der Waals surface area (Å²) in [6, 6.07) is 1.95. The van der Waals surface area contributed by atoms with Gasteiger partial charge in [-0.3, -0.25) is 4.79 Å². The van der Waals surface area contributed by atoms with E-state index in [2.05, 4.69) is 17.6 Å².